The van der Waals surface area contributed by atoms with E-state index in [2.05, 4.69) is 44.2 Å². The fraction of sp³-hybridized carbons (Fsp3) is 0.741. The van der Waals surface area contributed by atoms with Gasteiger partial charge < -0.3 is 0 Å². The van der Waals surface area contributed by atoms with Gasteiger partial charge in [0.1, 0.15) is 0 Å². The highest BCUT2D eigenvalue weighted by atomic mass is 14.4. The number of rotatable bonds is 8. The molecule has 2 fully saturated rings. The molecule has 0 aliphatic heterocycles. The van der Waals surface area contributed by atoms with Crippen LogP contribution in [0.1, 0.15) is 120 Å². The lowest BCUT2D eigenvalue weighted by molar-refractivity contribution is 0.244. The Bertz CT molecular complexity index is 602. The van der Waals surface area contributed by atoms with Gasteiger partial charge in [-0.05, 0) is 86.2 Å². The first-order valence-corrected chi connectivity index (χ1v) is 12.2. The largest absolute Gasteiger partial charge is 0.198 e. The van der Waals surface area contributed by atoms with Gasteiger partial charge in [-0.15, -0.1) is 0 Å². The van der Waals surface area contributed by atoms with E-state index in [1.165, 1.54) is 82.6 Å². The lowest BCUT2D eigenvalue weighted by Crippen LogP contribution is -2.23. The van der Waals surface area contributed by atoms with Crippen LogP contribution in [0.3, 0.4) is 0 Å². The Hall–Kier alpha value is -1.29. The van der Waals surface area contributed by atoms with E-state index in [9.17, 15) is 5.26 Å². The van der Waals surface area contributed by atoms with E-state index in [0.717, 1.165) is 18.3 Å². The van der Waals surface area contributed by atoms with Crippen molar-refractivity contribution in [1.29, 1.82) is 5.26 Å². The van der Waals surface area contributed by atoms with Gasteiger partial charge in [0.15, 0.2) is 0 Å². The van der Waals surface area contributed by atoms with Crippen molar-refractivity contribution in [2.75, 3.05) is 0 Å². The molecule has 0 radical (unpaired) electrons. The molecule has 0 heterocycles. The maximum atomic E-state index is 9.71. The average Bonchev–Trinajstić information content (AvgIpc) is 2.75. The maximum Gasteiger partial charge on any atom is 0.0658 e. The van der Waals surface area contributed by atoms with Gasteiger partial charge in [-0.1, -0.05) is 70.2 Å². The lowest BCUT2D eigenvalue weighted by Gasteiger charge is -2.33. The summed E-state index contributed by atoms with van der Waals surface area (Å²) in [4.78, 5) is 0. The molecule has 2 aliphatic rings. The van der Waals surface area contributed by atoms with E-state index in [0.29, 0.717) is 11.8 Å². The number of nitrogens with zero attached hydrogens (tertiary/aromatic N) is 1. The monoisotopic (exact) mass is 379 g/mol. The minimum Gasteiger partial charge on any atom is -0.198 e. The Balaban J connectivity index is 1.53. The molecular weight excluding hydrogens is 338 g/mol. The van der Waals surface area contributed by atoms with Crippen molar-refractivity contribution in [3.05, 3.63) is 35.4 Å². The van der Waals surface area contributed by atoms with Gasteiger partial charge in [-0.25, -0.2) is 0 Å². The van der Waals surface area contributed by atoms with Crippen LogP contribution in [0.15, 0.2) is 24.3 Å². The molecule has 2 aliphatic carbocycles. The van der Waals surface area contributed by atoms with E-state index in [-0.39, 0.29) is 5.92 Å². The van der Waals surface area contributed by atoms with E-state index >= 15 is 0 Å². The van der Waals surface area contributed by atoms with E-state index < -0.39 is 0 Å². The topological polar surface area (TPSA) is 23.8 Å². The fourth-order valence-electron chi connectivity index (χ4n) is 5.93. The predicted octanol–water partition coefficient (Wildman–Crippen LogP) is 8.36. The second-order valence-electron chi connectivity index (χ2n) is 9.67. The van der Waals surface area contributed by atoms with Gasteiger partial charge >= 0.3 is 0 Å². The molecule has 0 spiro atoms. The van der Waals surface area contributed by atoms with E-state index in [1.54, 1.807) is 5.56 Å². The highest BCUT2D eigenvalue weighted by Gasteiger charge is 2.31. The molecule has 1 heteroatoms. The number of nitriles is 1. The molecule has 0 aromatic heterocycles. The normalized spacial score (nSPS) is 30.7. The van der Waals surface area contributed by atoms with Crippen molar-refractivity contribution in [2.24, 2.45) is 17.8 Å². The Morgan fingerprint density at radius 3 is 2.04 bits per heavy atom. The summed E-state index contributed by atoms with van der Waals surface area (Å²) in [5.41, 5.74) is 3.04. The van der Waals surface area contributed by atoms with Crippen molar-refractivity contribution in [2.45, 2.75) is 109 Å². The quantitative estimate of drug-likeness (QED) is 0.416. The van der Waals surface area contributed by atoms with Crippen LogP contribution in [-0.2, 0) is 0 Å². The molecule has 1 nitrogen and oxygen atoms in total. The van der Waals surface area contributed by atoms with Crippen LogP contribution >= 0.6 is 0 Å². The third-order valence-electron chi connectivity index (χ3n) is 7.76. The molecule has 0 bridgehead atoms. The second-order valence-corrected chi connectivity index (χ2v) is 9.67. The van der Waals surface area contributed by atoms with Gasteiger partial charge in [-0.2, -0.15) is 5.26 Å². The van der Waals surface area contributed by atoms with Crippen LogP contribution in [0.25, 0.3) is 0 Å². The summed E-state index contributed by atoms with van der Waals surface area (Å²) in [5, 5.41) is 9.71. The molecule has 0 saturated heterocycles. The number of hydrogen-bond acceptors (Lipinski definition) is 1. The number of benzene rings is 1. The van der Waals surface area contributed by atoms with Crippen LogP contribution in [-0.4, -0.2) is 0 Å². The Kier molecular flexibility index (Phi) is 8.44. The third kappa shape index (κ3) is 5.62. The second kappa shape index (κ2) is 11.0. The summed E-state index contributed by atoms with van der Waals surface area (Å²) in [7, 11) is 0. The van der Waals surface area contributed by atoms with Crippen LogP contribution in [0.5, 0.6) is 0 Å². The van der Waals surface area contributed by atoms with E-state index in [4.69, 9.17) is 0 Å². The minimum absolute atomic E-state index is 0.268. The van der Waals surface area contributed by atoms with Crippen LogP contribution in [0, 0.1) is 29.1 Å². The Morgan fingerprint density at radius 2 is 1.43 bits per heavy atom. The van der Waals surface area contributed by atoms with Gasteiger partial charge in [-0.3, -0.25) is 0 Å². The van der Waals surface area contributed by atoms with Crippen LogP contribution in [0.2, 0.25) is 0 Å². The van der Waals surface area contributed by atoms with Crippen molar-refractivity contribution in [3.63, 3.8) is 0 Å². The maximum absolute atomic E-state index is 9.71. The minimum atomic E-state index is 0.268. The summed E-state index contributed by atoms with van der Waals surface area (Å²) in [6.45, 7) is 4.58. The average molecular weight is 380 g/mol. The van der Waals surface area contributed by atoms with Gasteiger partial charge in [0.2, 0.25) is 0 Å². The summed E-state index contributed by atoms with van der Waals surface area (Å²) in [6.07, 6.45) is 17.1. The number of hydrogen-bond donors (Lipinski definition) is 0. The zero-order valence-corrected chi connectivity index (χ0v) is 18.3. The highest BCUT2D eigenvalue weighted by Crippen LogP contribution is 2.42. The predicted molar refractivity (Wildman–Crippen MR) is 119 cm³/mol. The Morgan fingerprint density at radius 1 is 0.786 bits per heavy atom. The van der Waals surface area contributed by atoms with Crippen molar-refractivity contribution >= 4 is 0 Å². The van der Waals surface area contributed by atoms with E-state index in [1.807, 2.05) is 0 Å². The molecule has 1 unspecified atom stereocenters. The standard InChI is InChI=1S/C27H41N/c1-3-5-6-8-22-17-18-26(19-27(22)20-28)25-15-13-24(14-16-25)23-11-9-21(7-4-2)10-12-23/h13-16,21-23,26-27H,3-12,17-19H2,1-2H3/t21?,22-,23?,26?,27+/m1/s1. The van der Waals surface area contributed by atoms with Crippen molar-refractivity contribution < 1.29 is 0 Å². The molecule has 28 heavy (non-hydrogen) atoms. The van der Waals surface area contributed by atoms with Gasteiger partial charge in [0, 0.05) is 5.92 Å². The molecule has 3 atom stereocenters. The van der Waals surface area contributed by atoms with Crippen molar-refractivity contribution in [3.8, 4) is 6.07 Å². The number of unbranched alkanes of at least 4 members (excludes halogenated alkanes) is 2. The molecule has 1 aromatic rings. The third-order valence-corrected chi connectivity index (χ3v) is 7.76. The van der Waals surface area contributed by atoms with Crippen molar-refractivity contribution in [1.82, 2.24) is 0 Å². The molecule has 0 N–H and O–H groups in total. The molecule has 3 rings (SSSR count). The first-order valence-electron chi connectivity index (χ1n) is 12.2. The van der Waals surface area contributed by atoms with Gasteiger partial charge in [0.25, 0.3) is 0 Å². The van der Waals surface area contributed by atoms with Crippen LogP contribution in [0.4, 0.5) is 0 Å². The summed E-state index contributed by atoms with van der Waals surface area (Å²) < 4.78 is 0. The first-order chi connectivity index (χ1) is 13.7. The smallest absolute Gasteiger partial charge is 0.0658 e. The summed E-state index contributed by atoms with van der Waals surface area (Å²) in [5.74, 6) is 3.27. The van der Waals surface area contributed by atoms with Gasteiger partial charge in [0.05, 0.1) is 6.07 Å². The highest BCUT2D eigenvalue weighted by molar-refractivity contribution is 5.28. The molecular formula is C27H41N. The Labute approximate surface area is 173 Å². The first kappa shape index (κ1) is 21.4. The fourth-order valence-corrected chi connectivity index (χ4v) is 5.93. The summed E-state index contributed by atoms with van der Waals surface area (Å²) >= 11 is 0. The molecule has 1 aromatic carbocycles. The molecule has 154 valence electrons. The summed E-state index contributed by atoms with van der Waals surface area (Å²) in [6, 6.07) is 12.3. The molecule has 0 amide bonds. The zero-order chi connectivity index (χ0) is 19.8. The lowest BCUT2D eigenvalue weighted by atomic mass is 9.70. The SMILES string of the molecule is CCCCC[C@@H]1CCC(c2ccc(C3CCC(CCC)CC3)cc2)C[C@H]1C#N. The zero-order valence-electron chi connectivity index (χ0n) is 18.3. The molecule has 2 saturated carbocycles. The van der Waals surface area contributed by atoms with Crippen LogP contribution < -0.4 is 0 Å².